The molecule has 0 aliphatic carbocycles. The van der Waals surface area contributed by atoms with Gasteiger partial charge >= 0.3 is 0 Å². The second kappa shape index (κ2) is 9.38. The second-order valence-electron chi connectivity index (χ2n) is 6.47. The van der Waals surface area contributed by atoms with E-state index in [9.17, 15) is 18.0 Å². The van der Waals surface area contributed by atoms with E-state index >= 15 is 0 Å². The third-order valence-electron chi connectivity index (χ3n) is 4.04. The maximum atomic E-state index is 12.6. The molecule has 0 saturated carbocycles. The van der Waals surface area contributed by atoms with Crippen LogP contribution in [0.3, 0.4) is 0 Å². The summed E-state index contributed by atoms with van der Waals surface area (Å²) in [5, 5.41) is 5.70. The summed E-state index contributed by atoms with van der Waals surface area (Å²) in [6.45, 7) is 1.40. The molecule has 160 valence electrons. The molecule has 0 spiro atoms. The summed E-state index contributed by atoms with van der Waals surface area (Å²) in [5.74, 6) is -0.625. The van der Waals surface area contributed by atoms with Crippen molar-refractivity contribution in [3.05, 3.63) is 82.3 Å². The average molecular weight is 478 g/mol. The van der Waals surface area contributed by atoms with Crippen molar-refractivity contribution in [2.75, 3.05) is 15.4 Å². The fraction of sp³-hybridized carbons (Fsp3) is 0.0476. The van der Waals surface area contributed by atoms with Gasteiger partial charge in [0.15, 0.2) is 0 Å². The summed E-state index contributed by atoms with van der Waals surface area (Å²) < 4.78 is 27.6. The average Bonchev–Trinajstić information content (AvgIpc) is 2.71. The van der Waals surface area contributed by atoms with E-state index in [4.69, 9.17) is 23.2 Å². The largest absolute Gasteiger partial charge is 0.326 e. The molecule has 0 aromatic heterocycles. The van der Waals surface area contributed by atoms with Crippen LogP contribution in [-0.2, 0) is 14.8 Å². The molecule has 0 aliphatic heterocycles. The molecule has 10 heteroatoms. The zero-order valence-electron chi connectivity index (χ0n) is 16.1. The van der Waals surface area contributed by atoms with Crippen molar-refractivity contribution in [1.82, 2.24) is 0 Å². The number of amides is 2. The summed E-state index contributed by atoms with van der Waals surface area (Å²) in [5.41, 5.74) is 1.57. The lowest BCUT2D eigenvalue weighted by Gasteiger charge is -2.11. The van der Waals surface area contributed by atoms with Crippen molar-refractivity contribution in [3.63, 3.8) is 0 Å². The van der Waals surface area contributed by atoms with Crippen molar-refractivity contribution < 1.29 is 18.0 Å². The zero-order chi connectivity index (χ0) is 22.6. The predicted octanol–water partition coefficient (Wildman–Crippen LogP) is 5.00. The lowest BCUT2D eigenvalue weighted by molar-refractivity contribution is -0.114. The molecule has 0 atom stereocenters. The fourth-order valence-corrected chi connectivity index (χ4v) is 4.06. The number of sulfonamides is 1. The number of carbonyl (C=O) groups is 2. The van der Waals surface area contributed by atoms with Crippen LogP contribution < -0.4 is 15.4 Å². The molecule has 3 aromatic carbocycles. The summed E-state index contributed by atoms with van der Waals surface area (Å²) in [6, 6.07) is 16.6. The van der Waals surface area contributed by atoms with E-state index in [0.29, 0.717) is 11.4 Å². The number of benzene rings is 3. The van der Waals surface area contributed by atoms with Crippen molar-refractivity contribution in [2.45, 2.75) is 11.8 Å². The van der Waals surface area contributed by atoms with Gasteiger partial charge in [-0.05, 0) is 60.7 Å². The van der Waals surface area contributed by atoms with Crippen molar-refractivity contribution in [2.24, 2.45) is 0 Å². The first-order valence-electron chi connectivity index (χ1n) is 8.91. The maximum Gasteiger partial charge on any atom is 0.261 e. The van der Waals surface area contributed by atoms with Crippen LogP contribution in [0.4, 0.5) is 17.1 Å². The number of hydrogen-bond donors (Lipinski definition) is 3. The smallest absolute Gasteiger partial charge is 0.261 e. The minimum atomic E-state index is -3.93. The number of carbonyl (C=O) groups excluding carboxylic acids is 2. The first kappa shape index (κ1) is 22.6. The minimum Gasteiger partial charge on any atom is -0.326 e. The van der Waals surface area contributed by atoms with Gasteiger partial charge in [-0.15, -0.1) is 0 Å². The highest BCUT2D eigenvalue weighted by atomic mass is 35.5. The number of hydrogen-bond acceptors (Lipinski definition) is 4. The quantitative estimate of drug-likeness (QED) is 0.464. The second-order valence-corrected chi connectivity index (χ2v) is 8.97. The lowest BCUT2D eigenvalue weighted by atomic mass is 10.2. The Morgan fingerprint density at radius 3 is 2.03 bits per heavy atom. The maximum absolute atomic E-state index is 12.6. The predicted molar refractivity (Wildman–Crippen MR) is 122 cm³/mol. The molecular formula is C21H17Cl2N3O4S. The Balaban J connectivity index is 1.74. The van der Waals surface area contributed by atoms with Gasteiger partial charge in [0.25, 0.3) is 15.9 Å². The third-order valence-corrected chi connectivity index (χ3v) is 6.16. The van der Waals surface area contributed by atoms with Crippen molar-refractivity contribution >= 4 is 62.1 Å². The van der Waals surface area contributed by atoms with Gasteiger partial charge in [0.1, 0.15) is 0 Å². The van der Waals surface area contributed by atoms with Gasteiger partial charge in [-0.2, -0.15) is 0 Å². The van der Waals surface area contributed by atoms with Crippen LogP contribution in [0.5, 0.6) is 0 Å². The molecular weight excluding hydrogens is 461 g/mol. The minimum absolute atomic E-state index is 0.0592. The highest BCUT2D eigenvalue weighted by Crippen LogP contribution is 2.26. The normalized spacial score (nSPS) is 10.9. The molecule has 0 radical (unpaired) electrons. The molecule has 3 aromatic rings. The SMILES string of the molecule is CC(=O)Nc1ccc(NC(=O)c2cccc(NS(=O)(=O)c3ccc(Cl)c(Cl)c3)c2)cc1. The third kappa shape index (κ3) is 5.97. The van der Waals surface area contributed by atoms with E-state index in [1.54, 1.807) is 36.4 Å². The molecule has 0 bridgehead atoms. The molecule has 31 heavy (non-hydrogen) atoms. The van der Waals surface area contributed by atoms with Crippen LogP contribution in [0, 0.1) is 0 Å². The topological polar surface area (TPSA) is 104 Å². The van der Waals surface area contributed by atoms with Gasteiger partial charge < -0.3 is 10.6 Å². The van der Waals surface area contributed by atoms with Crippen LogP contribution in [0.25, 0.3) is 0 Å². The summed E-state index contributed by atoms with van der Waals surface area (Å²) in [7, 11) is -3.93. The first-order chi connectivity index (χ1) is 14.6. The highest BCUT2D eigenvalue weighted by molar-refractivity contribution is 7.92. The monoisotopic (exact) mass is 477 g/mol. The molecule has 0 aliphatic rings. The number of nitrogens with one attached hydrogen (secondary N) is 3. The van der Waals surface area contributed by atoms with Crippen molar-refractivity contribution in [3.8, 4) is 0 Å². The molecule has 3 rings (SSSR count). The molecule has 7 nitrogen and oxygen atoms in total. The standard InChI is InChI=1S/C21H17Cl2N3O4S/c1-13(27)24-15-5-7-16(8-6-15)25-21(28)14-3-2-4-17(11-14)26-31(29,30)18-9-10-19(22)20(23)12-18/h2-12,26H,1H3,(H,24,27)(H,25,28). The number of halogens is 2. The van der Waals surface area contributed by atoms with Crippen LogP contribution in [0.2, 0.25) is 10.0 Å². The number of anilines is 3. The Labute approximate surface area is 189 Å². The fourth-order valence-electron chi connectivity index (χ4n) is 2.63. The molecule has 2 amide bonds. The van der Waals surface area contributed by atoms with E-state index in [-0.39, 0.29) is 32.1 Å². The van der Waals surface area contributed by atoms with Crippen LogP contribution >= 0.6 is 23.2 Å². The summed E-state index contributed by atoms with van der Waals surface area (Å²) in [4.78, 5) is 23.6. The molecule has 0 unspecified atom stereocenters. The van der Waals surface area contributed by atoms with Crippen molar-refractivity contribution in [1.29, 1.82) is 0 Å². The van der Waals surface area contributed by atoms with Crippen LogP contribution in [-0.4, -0.2) is 20.2 Å². The van der Waals surface area contributed by atoms with Gasteiger partial charge in [0.2, 0.25) is 5.91 Å². The van der Waals surface area contributed by atoms with E-state index in [2.05, 4.69) is 15.4 Å². The molecule has 0 fully saturated rings. The first-order valence-corrected chi connectivity index (χ1v) is 11.1. The Morgan fingerprint density at radius 2 is 1.42 bits per heavy atom. The van der Waals surface area contributed by atoms with Gasteiger partial charge in [-0.25, -0.2) is 8.42 Å². The van der Waals surface area contributed by atoms with Gasteiger partial charge in [-0.3, -0.25) is 14.3 Å². The zero-order valence-corrected chi connectivity index (χ0v) is 18.5. The number of rotatable bonds is 6. The molecule has 3 N–H and O–H groups in total. The summed E-state index contributed by atoms with van der Waals surface area (Å²) in [6.07, 6.45) is 0. The Kier molecular flexibility index (Phi) is 6.84. The Hall–Kier alpha value is -3.07. The Bertz CT molecular complexity index is 1250. The van der Waals surface area contributed by atoms with Gasteiger partial charge in [-0.1, -0.05) is 29.3 Å². The lowest BCUT2D eigenvalue weighted by Crippen LogP contribution is -2.15. The Morgan fingerprint density at radius 1 is 0.774 bits per heavy atom. The van der Waals surface area contributed by atoms with Crippen LogP contribution in [0.15, 0.2) is 71.6 Å². The highest BCUT2D eigenvalue weighted by Gasteiger charge is 2.17. The molecule has 0 heterocycles. The van der Waals surface area contributed by atoms with E-state index in [1.807, 2.05) is 0 Å². The van der Waals surface area contributed by atoms with E-state index in [0.717, 1.165) is 0 Å². The van der Waals surface area contributed by atoms with Gasteiger partial charge in [0, 0.05) is 29.5 Å². The summed E-state index contributed by atoms with van der Waals surface area (Å²) >= 11 is 11.7. The van der Waals surface area contributed by atoms with Gasteiger partial charge in [0.05, 0.1) is 14.9 Å². The molecule has 0 saturated heterocycles. The van der Waals surface area contributed by atoms with E-state index < -0.39 is 15.9 Å². The van der Waals surface area contributed by atoms with Crippen LogP contribution in [0.1, 0.15) is 17.3 Å². The van der Waals surface area contributed by atoms with E-state index in [1.165, 1.54) is 37.3 Å².